The molecule has 0 radical (unpaired) electrons. The van der Waals surface area contributed by atoms with Gasteiger partial charge in [0.25, 0.3) is 0 Å². The molecule has 0 bridgehead atoms. The van der Waals surface area contributed by atoms with E-state index >= 15 is 0 Å². The second-order valence-electron chi connectivity index (χ2n) is 12.5. The van der Waals surface area contributed by atoms with E-state index in [9.17, 15) is 43.9 Å². The van der Waals surface area contributed by atoms with Crippen LogP contribution in [0, 0.1) is 47.4 Å². The van der Waals surface area contributed by atoms with Crippen LogP contribution in [0.2, 0.25) is 0 Å². The van der Waals surface area contributed by atoms with Crippen LogP contribution in [-0.2, 0) is 11.8 Å². The standard InChI is InChI=1S/C19H21F5.C18H19F5/c1-2-3-14-4-6-15(7-5-14)8-9-16-10-12-17(13-11-16)18(20,21)19(22,23)24;1-2-13-3-5-14(6-4-13)7-8-15-9-11-16(12-10-15)17(19,20)18(21,22)23/h10-15H,2-7H2,1H3;9-14H,2-6H2,1H3. The van der Waals surface area contributed by atoms with Crippen molar-refractivity contribution in [2.75, 3.05) is 0 Å². The maximum atomic E-state index is 13.2. The van der Waals surface area contributed by atoms with Gasteiger partial charge in [0, 0.05) is 34.1 Å². The number of hydrogen-bond acceptors (Lipinski definition) is 0. The fourth-order valence-corrected chi connectivity index (χ4v) is 5.94. The molecule has 0 saturated heterocycles. The molecule has 0 amide bonds. The van der Waals surface area contributed by atoms with Gasteiger partial charge in [0.2, 0.25) is 0 Å². The van der Waals surface area contributed by atoms with Gasteiger partial charge in [-0.2, -0.15) is 43.9 Å². The van der Waals surface area contributed by atoms with E-state index in [0.29, 0.717) is 11.1 Å². The van der Waals surface area contributed by atoms with Gasteiger partial charge in [0.1, 0.15) is 0 Å². The van der Waals surface area contributed by atoms with Crippen molar-refractivity contribution in [1.29, 1.82) is 0 Å². The Hall–Kier alpha value is -3.14. The highest BCUT2D eigenvalue weighted by Crippen LogP contribution is 2.44. The van der Waals surface area contributed by atoms with Gasteiger partial charge >= 0.3 is 24.2 Å². The van der Waals surface area contributed by atoms with Crippen LogP contribution in [0.3, 0.4) is 0 Å². The van der Waals surface area contributed by atoms with Gasteiger partial charge < -0.3 is 0 Å². The first-order valence-electron chi connectivity index (χ1n) is 16.1. The van der Waals surface area contributed by atoms with Crippen LogP contribution >= 0.6 is 0 Å². The summed E-state index contributed by atoms with van der Waals surface area (Å²) in [7, 11) is 0. The molecule has 0 spiro atoms. The highest BCUT2D eigenvalue weighted by molar-refractivity contribution is 5.39. The first-order valence-corrected chi connectivity index (χ1v) is 16.1. The van der Waals surface area contributed by atoms with Crippen molar-refractivity contribution in [2.45, 2.75) is 109 Å². The monoisotopic (exact) mass is 674 g/mol. The normalized spacial score (nSPS) is 22.1. The Morgan fingerprint density at radius 1 is 0.511 bits per heavy atom. The zero-order valence-corrected chi connectivity index (χ0v) is 26.5. The van der Waals surface area contributed by atoms with E-state index in [0.717, 1.165) is 87.5 Å². The van der Waals surface area contributed by atoms with Gasteiger partial charge in [0.15, 0.2) is 0 Å². The zero-order valence-electron chi connectivity index (χ0n) is 26.5. The van der Waals surface area contributed by atoms with E-state index in [1.165, 1.54) is 43.5 Å². The predicted octanol–water partition coefficient (Wildman–Crippen LogP) is 12.2. The second-order valence-corrected chi connectivity index (χ2v) is 12.5. The lowest BCUT2D eigenvalue weighted by Gasteiger charge is -2.25. The summed E-state index contributed by atoms with van der Waals surface area (Å²) in [5.74, 6) is 4.47. The third-order valence-corrected chi connectivity index (χ3v) is 9.02. The molecule has 2 aromatic rings. The van der Waals surface area contributed by atoms with Crippen molar-refractivity contribution in [2.24, 2.45) is 23.7 Å². The maximum absolute atomic E-state index is 13.2. The van der Waals surface area contributed by atoms with E-state index < -0.39 is 35.3 Å². The van der Waals surface area contributed by atoms with Crippen molar-refractivity contribution in [3.8, 4) is 23.7 Å². The molecule has 0 N–H and O–H groups in total. The molecule has 2 aliphatic rings. The molecule has 258 valence electrons. The Morgan fingerprint density at radius 3 is 1.15 bits per heavy atom. The third kappa shape index (κ3) is 10.7. The number of benzene rings is 2. The van der Waals surface area contributed by atoms with Crippen molar-refractivity contribution >= 4 is 0 Å². The minimum Gasteiger partial charge on any atom is -0.191 e. The molecule has 0 unspecified atom stereocenters. The SMILES string of the molecule is CCC1CCC(C#Cc2ccc(C(F)(F)C(F)(F)F)cc2)CC1.CCCC1CCC(C#Cc2ccc(C(F)(F)C(F)(F)F)cc2)CC1. The first kappa shape index (κ1) is 38.3. The summed E-state index contributed by atoms with van der Waals surface area (Å²) in [5.41, 5.74) is -1.18. The van der Waals surface area contributed by atoms with Gasteiger partial charge in [-0.15, -0.1) is 0 Å². The van der Waals surface area contributed by atoms with Gasteiger partial charge in [-0.05, 0) is 87.5 Å². The summed E-state index contributed by atoms with van der Waals surface area (Å²) in [4.78, 5) is 0. The molecule has 2 fully saturated rings. The summed E-state index contributed by atoms with van der Waals surface area (Å²) < 4.78 is 127. The Labute approximate surface area is 270 Å². The van der Waals surface area contributed by atoms with Crippen molar-refractivity contribution in [3.05, 3.63) is 70.8 Å². The molecule has 2 aromatic carbocycles. The van der Waals surface area contributed by atoms with Gasteiger partial charge in [-0.3, -0.25) is 0 Å². The lowest BCUT2D eigenvalue weighted by atomic mass is 9.80. The number of hydrogen-bond donors (Lipinski definition) is 0. The van der Waals surface area contributed by atoms with E-state index in [1.54, 1.807) is 0 Å². The van der Waals surface area contributed by atoms with Crippen LogP contribution in [0.5, 0.6) is 0 Å². The molecule has 2 saturated carbocycles. The molecule has 4 rings (SSSR count). The van der Waals surface area contributed by atoms with Crippen LogP contribution in [0.15, 0.2) is 48.5 Å². The predicted molar refractivity (Wildman–Crippen MR) is 163 cm³/mol. The van der Waals surface area contributed by atoms with Crippen LogP contribution in [0.4, 0.5) is 43.9 Å². The van der Waals surface area contributed by atoms with Gasteiger partial charge in [-0.25, -0.2) is 0 Å². The van der Waals surface area contributed by atoms with Gasteiger partial charge in [0.05, 0.1) is 0 Å². The fourth-order valence-electron chi connectivity index (χ4n) is 5.94. The molecule has 0 aromatic heterocycles. The largest absolute Gasteiger partial charge is 0.458 e. The number of halogens is 10. The summed E-state index contributed by atoms with van der Waals surface area (Å²) in [6.07, 6.45) is 1.15. The summed E-state index contributed by atoms with van der Waals surface area (Å²) in [6.45, 7) is 4.35. The first-order chi connectivity index (χ1) is 22.0. The highest BCUT2D eigenvalue weighted by atomic mass is 19.4. The topological polar surface area (TPSA) is 0 Å². The minimum atomic E-state index is -5.59. The van der Waals surface area contributed by atoms with Crippen molar-refractivity contribution in [3.63, 3.8) is 0 Å². The average molecular weight is 675 g/mol. The second kappa shape index (κ2) is 16.3. The lowest BCUT2D eigenvalue weighted by Crippen LogP contribution is -2.33. The molecule has 0 heterocycles. The number of alkyl halides is 10. The van der Waals surface area contributed by atoms with E-state index in [4.69, 9.17) is 0 Å². The number of rotatable bonds is 5. The molecule has 0 aliphatic heterocycles. The minimum absolute atomic E-state index is 0.286. The Bertz CT molecular complexity index is 1360. The lowest BCUT2D eigenvalue weighted by molar-refractivity contribution is -0.289. The fraction of sp³-hybridized carbons (Fsp3) is 0.568. The Balaban J connectivity index is 0.000000256. The summed E-state index contributed by atoms with van der Waals surface area (Å²) in [6, 6.07) is 8.09. The highest BCUT2D eigenvalue weighted by Gasteiger charge is 2.59. The molecule has 47 heavy (non-hydrogen) atoms. The molecular formula is C37H40F10. The molecule has 0 atom stereocenters. The molecule has 10 heteroatoms. The van der Waals surface area contributed by atoms with Crippen LogP contribution < -0.4 is 0 Å². The van der Waals surface area contributed by atoms with Crippen LogP contribution in [0.25, 0.3) is 0 Å². The smallest absolute Gasteiger partial charge is 0.191 e. The quantitative estimate of drug-likeness (QED) is 0.219. The van der Waals surface area contributed by atoms with E-state index in [2.05, 4.69) is 37.5 Å². The Kier molecular flexibility index (Phi) is 13.3. The van der Waals surface area contributed by atoms with Crippen LogP contribution in [0.1, 0.15) is 107 Å². The summed E-state index contributed by atoms with van der Waals surface area (Å²) >= 11 is 0. The molecule has 0 nitrogen and oxygen atoms in total. The average Bonchev–Trinajstić information content (AvgIpc) is 3.03. The van der Waals surface area contributed by atoms with E-state index in [1.807, 2.05) is 0 Å². The Morgan fingerprint density at radius 2 is 0.851 bits per heavy atom. The maximum Gasteiger partial charge on any atom is 0.458 e. The molecular weight excluding hydrogens is 634 g/mol. The van der Waals surface area contributed by atoms with Crippen LogP contribution in [-0.4, -0.2) is 12.4 Å². The van der Waals surface area contributed by atoms with Crippen molar-refractivity contribution < 1.29 is 43.9 Å². The summed E-state index contributed by atoms with van der Waals surface area (Å²) in [5, 5.41) is 0. The zero-order chi connectivity index (χ0) is 34.9. The van der Waals surface area contributed by atoms with Crippen molar-refractivity contribution in [1.82, 2.24) is 0 Å². The van der Waals surface area contributed by atoms with E-state index in [-0.39, 0.29) is 11.8 Å². The third-order valence-electron chi connectivity index (χ3n) is 9.02. The molecule has 2 aliphatic carbocycles. The van der Waals surface area contributed by atoms with Gasteiger partial charge in [-0.1, -0.05) is 81.1 Å².